The molecule has 0 bridgehead atoms. The predicted octanol–water partition coefficient (Wildman–Crippen LogP) is 3.14. The average molecular weight is 376 g/mol. The number of nitrogens with two attached hydrogens (primary N) is 1. The van der Waals surface area contributed by atoms with Crippen molar-refractivity contribution in [3.05, 3.63) is 61.0 Å². The molecule has 2 aromatic rings. The van der Waals surface area contributed by atoms with E-state index in [1.807, 2.05) is 42.6 Å². The second kappa shape index (κ2) is 7.67. The number of anilines is 2. The lowest BCUT2D eigenvalue weighted by atomic mass is 9.82. The summed E-state index contributed by atoms with van der Waals surface area (Å²) in [6.45, 7) is 4.18. The maximum Gasteiger partial charge on any atom is 0.227 e. The zero-order valence-electron chi connectivity index (χ0n) is 15.9. The molecule has 8 nitrogen and oxygen atoms in total. The van der Waals surface area contributed by atoms with E-state index >= 15 is 0 Å². The van der Waals surface area contributed by atoms with Gasteiger partial charge in [-0.15, -0.1) is 0 Å². The van der Waals surface area contributed by atoms with Crippen LogP contribution >= 0.6 is 0 Å². The lowest BCUT2D eigenvalue weighted by Gasteiger charge is -2.31. The van der Waals surface area contributed by atoms with Crippen LogP contribution in [-0.4, -0.2) is 30.5 Å². The molecule has 4 rings (SSSR count). The molecule has 0 radical (unpaired) electrons. The normalized spacial score (nSPS) is 17.5. The van der Waals surface area contributed by atoms with Gasteiger partial charge in [0.1, 0.15) is 5.84 Å². The Balaban J connectivity index is 1.49. The fourth-order valence-corrected chi connectivity index (χ4v) is 3.32. The third kappa shape index (κ3) is 3.80. The number of aromatic nitrogens is 4. The molecule has 2 aliphatic rings. The van der Waals surface area contributed by atoms with Crippen LogP contribution in [0, 0.1) is 5.92 Å². The van der Waals surface area contributed by atoms with Gasteiger partial charge in [-0.05, 0) is 24.1 Å². The maximum absolute atomic E-state index is 5.65. The highest BCUT2D eigenvalue weighted by Crippen LogP contribution is 2.32. The molecule has 1 aliphatic heterocycles. The summed E-state index contributed by atoms with van der Waals surface area (Å²) in [5.41, 5.74) is 3.42. The highest BCUT2D eigenvalue weighted by molar-refractivity contribution is 5.88. The zero-order chi connectivity index (χ0) is 19.5. The molecule has 1 saturated carbocycles. The number of nitrogens with zero attached hydrogens (tertiary/aromatic N) is 6. The Morgan fingerprint density at radius 1 is 1.43 bits per heavy atom. The highest BCUT2D eigenvalue weighted by Gasteiger charge is 2.24. The third-order valence-corrected chi connectivity index (χ3v) is 5.07. The molecule has 0 amide bonds. The van der Waals surface area contributed by atoms with E-state index in [2.05, 4.69) is 32.1 Å². The molecule has 144 valence electrons. The van der Waals surface area contributed by atoms with Gasteiger partial charge in [0.25, 0.3) is 0 Å². The van der Waals surface area contributed by atoms with Crippen LogP contribution in [0.2, 0.25) is 0 Å². The minimum atomic E-state index is 0.516. The maximum atomic E-state index is 5.65. The molecule has 1 fully saturated rings. The van der Waals surface area contributed by atoms with Gasteiger partial charge in [-0.25, -0.2) is 9.97 Å². The minimum Gasteiger partial charge on any atom is -0.322 e. The number of amidine groups is 1. The van der Waals surface area contributed by atoms with E-state index in [0.29, 0.717) is 11.9 Å². The standard InChI is InChI=1S/C20H24N8/c1-14-10-16(7-9-28(14)19(26-21)11-15-4-3-5-15)18-6-8-22-20(25-18)24-17-12-23-27(2)13-17/h6-10,12-13,15H,1,3-5,11,21H2,2H3,(H,22,24,25)/b26-19-. The van der Waals surface area contributed by atoms with Crippen molar-refractivity contribution >= 4 is 23.0 Å². The van der Waals surface area contributed by atoms with Crippen LogP contribution < -0.4 is 11.2 Å². The van der Waals surface area contributed by atoms with Crippen LogP contribution in [0.3, 0.4) is 0 Å². The summed E-state index contributed by atoms with van der Waals surface area (Å²) in [4.78, 5) is 10.8. The molecule has 0 saturated heterocycles. The smallest absolute Gasteiger partial charge is 0.227 e. The second-order valence-electron chi connectivity index (χ2n) is 7.12. The van der Waals surface area contributed by atoms with Crippen LogP contribution in [0.4, 0.5) is 11.6 Å². The quantitative estimate of drug-likeness (QED) is 0.360. The van der Waals surface area contributed by atoms with Gasteiger partial charge in [0.2, 0.25) is 5.95 Å². The van der Waals surface area contributed by atoms with Gasteiger partial charge < -0.3 is 16.1 Å². The predicted molar refractivity (Wildman–Crippen MR) is 110 cm³/mol. The summed E-state index contributed by atoms with van der Waals surface area (Å²) in [6, 6.07) is 1.87. The third-order valence-electron chi connectivity index (χ3n) is 5.07. The van der Waals surface area contributed by atoms with Crippen LogP contribution in [0.1, 0.15) is 31.4 Å². The van der Waals surface area contributed by atoms with Gasteiger partial charge in [0.15, 0.2) is 0 Å². The topological polar surface area (TPSA) is 97.2 Å². The second-order valence-corrected chi connectivity index (χ2v) is 7.12. The van der Waals surface area contributed by atoms with Crippen molar-refractivity contribution in [3.63, 3.8) is 0 Å². The molecule has 0 unspecified atom stereocenters. The molecular weight excluding hydrogens is 352 g/mol. The molecule has 3 N–H and O–H groups in total. The number of allylic oxidation sites excluding steroid dienone is 3. The van der Waals surface area contributed by atoms with Gasteiger partial charge in [-0.1, -0.05) is 25.8 Å². The zero-order valence-corrected chi connectivity index (χ0v) is 15.9. The molecule has 0 aromatic carbocycles. The molecule has 8 heteroatoms. The Hall–Kier alpha value is -3.42. The Morgan fingerprint density at radius 3 is 2.93 bits per heavy atom. The first kappa shape index (κ1) is 18.0. The number of aryl methyl sites for hydroxylation is 1. The van der Waals surface area contributed by atoms with Gasteiger partial charge in [0.05, 0.1) is 17.6 Å². The van der Waals surface area contributed by atoms with E-state index in [9.17, 15) is 0 Å². The van der Waals surface area contributed by atoms with Gasteiger partial charge >= 0.3 is 0 Å². The molecular formula is C20H24N8. The van der Waals surface area contributed by atoms with Crippen LogP contribution in [-0.2, 0) is 7.05 Å². The molecule has 3 heterocycles. The van der Waals surface area contributed by atoms with Gasteiger partial charge in [0, 0.05) is 43.3 Å². The van der Waals surface area contributed by atoms with Crippen LogP contribution in [0.15, 0.2) is 60.4 Å². The highest BCUT2D eigenvalue weighted by atomic mass is 15.3. The summed E-state index contributed by atoms with van der Waals surface area (Å²) in [6.07, 6.45) is 15.9. The molecule has 2 aromatic heterocycles. The van der Waals surface area contributed by atoms with Crippen molar-refractivity contribution in [1.82, 2.24) is 24.6 Å². The van der Waals surface area contributed by atoms with Crippen molar-refractivity contribution in [1.29, 1.82) is 0 Å². The SMILES string of the molecule is C=C1C=C(c2ccnc(Nc3cnn(C)c3)n2)C=CN1/C(CC1CCC1)=N\N. The van der Waals surface area contributed by atoms with Crippen LogP contribution in [0.5, 0.6) is 0 Å². The van der Waals surface area contributed by atoms with Crippen molar-refractivity contribution in [2.24, 2.45) is 23.9 Å². The van der Waals surface area contributed by atoms with Crippen LogP contribution in [0.25, 0.3) is 5.57 Å². The van der Waals surface area contributed by atoms with Crippen molar-refractivity contribution < 1.29 is 0 Å². The first-order chi connectivity index (χ1) is 13.6. The van der Waals surface area contributed by atoms with E-state index in [1.54, 1.807) is 17.1 Å². The fraction of sp³-hybridized carbons (Fsp3) is 0.300. The molecule has 0 atom stereocenters. The number of hydrogen-bond acceptors (Lipinski definition) is 6. The first-order valence-electron chi connectivity index (χ1n) is 9.36. The average Bonchev–Trinajstić information content (AvgIpc) is 3.06. The van der Waals surface area contributed by atoms with E-state index < -0.39 is 0 Å². The monoisotopic (exact) mass is 376 g/mol. The van der Waals surface area contributed by atoms with Crippen molar-refractivity contribution in [2.45, 2.75) is 25.7 Å². The Labute approximate surface area is 164 Å². The summed E-state index contributed by atoms with van der Waals surface area (Å²) in [7, 11) is 1.86. The molecule has 28 heavy (non-hydrogen) atoms. The van der Waals surface area contributed by atoms with E-state index in [1.165, 1.54) is 19.3 Å². The van der Waals surface area contributed by atoms with Gasteiger partial charge in [-0.2, -0.15) is 10.2 Å². The molecule has 1 aliphatic carbocycles. The summed E-state index contributed by atoms with van der Waals surface area (Å²) in [5, 5.41) is 11.3. The first-order valence-corrected chi connectivity index (χ1v) is 9.36. The number of hydrazone groups is 1. The van der Waals surface area contributed by atoms with Crippen molar-refractivity contribution in [3.8, 4) is 0 Å². The summed E-state index contributed by atoms with van der Waals surface area (Å²) < 4.78 is 1.72. The Kier molecular flexibility index (Phi) is 4.92. The number of nitrogens with one attached hydrogen (secondary N) is 1. The Bertz CT molecular complexity index is 964. The fourth-order valence-electron chi connectivity index (χ4n) is 3.32. The largest absolute Gasteiger partial charge is 0.322 e. The molecule has 0 spiro atoms. The summed E-state index contributed by atoms with van der Waals surface area (Å²) in [5.74, 6) is 7.69. The summed E-state index contributed by atoms with van der Waals surface area (Å²) >= 11 is 0. The number of rotatable bonds is 5. The van der Waals surface area contributed by atoms with E-state index in [0.717, 1.165) is 34.9 Å². The van der Waals surface area contributed by atoms with E-state index in [-0.39, 0.29) is 0 Å². The van der Waals surface area contributed by atoms with Gasteiger partial charge in [-0.3, -0.25) is 4.68 Å². The minimum absolute atomic E-state index is 0.516. The Morgan fingerprint density at radius 2 is 2.29 bits per heavy atom. The lowest BCUT2D eigenvalue weighted by molar-refractivity contribution is 0.321. The van der Waals surface area contributed by atoms with Crippen molar-refractivity contribution in [2.75, 3.05) is 5.32 Å². The lowest BCUT2D eigenvalue weighted by Crippen LogP contribution is -2.30. The number of hydrogen-bond donors (Lipinski definition) is 2. The van der Waals surface area contributed by atoms with E-state index in [4.69, 9.17) is 5.84 Å².